The second-order valence-electron chi connectivity index (χ2n) is 8.39. The number of amides is 1. The molecule has 7 heteroatoms. The van der Waals surface area contributed by atoms with Crippen LogP contribution in [0.5, 0.6) is 0 Å². The number of piperidine rings is 2. The second kappa shape index (κ2) is 6.61. The highest BCUT2D eigenvalue weighted by atomic mass is 35.5. The monoisotopic (exact) mass is 405 g/mol. The smallest absolute Gasteiger partial charge is 0.229 e. The summed E-state index contributed by atoms with van der Waals surface area (Å²) in [5.74, 6) is 0.932. The fraction of sp³-hybridized carbons (Fsp3) is 0.600. The van der Waals surface area contributed by atoms with Gasteiger partial charge in [-0.25, -0.2) is 4.98 Å². The summed E-state index contributed by atoms with van der Waals surface area (Å²) in [4.78, 5) is 22.2. The quantitative estimate of drug-likeness (QED) is 0.848. The first-order chi connectivity index (χ1) is 13.0. The Morgan fingerprint density at radius 3 is 2.81 bits per heavy atom. The summed E-state index contributed by atoms with van der Waals surface area (Å²) in [7, 11) is 0. The molecule has 2 aliphatic heterocycles. The summed E-state index contributed by atoms with van der Waals surface area (Å²) in [5, 5.41) is 12.2. The lowest BCUT2D eigenvalue weighted by molar-refractivity contribution is -0.154. The van der Waals surface area contributed by atoms with E-state index in [0.29, 0.717) is 18.9 Å². The van der Waals surface area contributed by atoms with Gasteiger partial charge in [0.15, 0.2) is 5.13 Å². The molecule has 2 saturated heterocycles. The number of rotatable bonds is 3. The molecule has 0 radical (unpaired) electrons. The van der Waals surface area contributed by atoms with Crippen LogP contribution in [0.4, 0.5) is 5.13 Å². The summed E-state index contributed by atoms with van der Waals surface area (Å²) < 4.78 is 1.09. The number of thiazole rings is 1. The fourth-order valence-electron chi connectivity index (χ4n) is 4.61. The van der Waals surface area contributed by atoms with Gasteiger partial charge in [0.25, 0.3) is 0 Å². The van der Waals surface area contributed by atoms with Crippen molar-refractivity contribution in [2.45, 2.75) is 38.2 Å². The first kappa shape index (κ1) is 17.7. The lowest BCUT2D eigenvalue weighted by Gasteiger charge is -2.48. The molecular weight excluding hydrogens is 382 g/mol. The van der Waals surface area contributed by atoms with E-state index in [4.69, 9.17) is 16.6 Å². The van der Waals surface area contributed by atoms with Crippen LogP contribution in [0.2, 0.25) is 5.02 Å². The molecule has 3 heterocycles. The van der Waals surface area contributed by atoms with Crippen LogP contribution in [-0.2, 0) is 4.79 Å². The third-order valence-corrected chi connectivity index (χ3v) is 7.62. The molecule has 2 aromatic rings. The van der Waals surface area contributed by atoms with E-state index in [1.165, 1.54) is 12.8 Å². The van der Waals surface area contributed by atoms with Crippen molar-refractivity contribution < 1.29 is 9.90 Å². The van der Waals surface area contributed by atoms with Crippen molar-refractivity contribution in [3.8, 4) is 0 Å². The van der Waals surface area contributed by atoms with E-state index in [0.717, 1.165) is 52.8 Å². The molecule has 1 aromatic carbocycles. The number of β-amino-alcohol motifs (C(OH)–C–C–N with tert-alkyl or cyclic N) is 1. The lowest BCUT2D eigenvalue weighted by atomic mass is 9.71. The number of nitrogens with zero attached hydrogens (tertiary/aromatic N) is 3. The van der Waals surface area contributed by atoms with Gasteiger partial charge < -0.3 is 14.9 Å². The van der Waals surface area contributed by atoms with Crippen molar-refractivity contribution in [2.75, 3.05) is 31.1 Å². The van der Waals surface area contributed by atoms with Crippen LogP contribution < -0.4 is 4.90 Å². The van der Waals surface area contributed by atoms with E-state index < -0.39 is 6.10 Å². The molecule has 3 aliphatic rings. The summed E-state index contributed by atoms with van der Waals surface area (Å²) in [6.45, 7) is 2.96. The first-order valence-corrected chi connectivity index (χ1v) is 11.0. The Balaban J connectivity index is 1.32. The lowest BCUT2D eigenvalue weighted by Crippen LogP contribution is -2.57. The van der Waals surface area contributed by atoms with Crippen LogP contribution >= 0.6 is 22.9 Å². The molecule has 1 spiro atoms. The number of benzene rings is 1. The van der Waals surface area contributed by atoms with Gasteiger partial charge in [0.1, 0.15) is 0 Å². The van der Waals surface area contributed by atoms with Crippen LogP contribution in [0.25, 0.3) is 10.2 Å². The normalized spacial score (nSPS) is 25.6. The van der Waals surface area contributed by atoms with Crippen molar-refractivity contribution in [2.24, 2.45) is 11.3 Å². The van der Waals surface area contributed by atoms with Gasteiger partial charge in [-0.3, -0.25) is 4.79 Å². The van der Waals surface area contributed by atoms with Crippen LogP contribution in [0.3, 0.4) is 0 Å². The number of likely N-dealkylation sites (tertiary alicyclic amines) is 1. The fourth-order valence-corrected chi connectivity index (χ4v) is 5.90. The Bertz CT molecular complexity index is 871. The minimum Gasteiger partial charge on any atom is -0.391 e. The molecule has 1 atom stereocenters. The predicted octanol–water partition coefficient (Wildman–Crippen LogP) is 3.54. The molecule has 1 aromatic heterocycles. The summed E-state index contributed by atoms with van der Waals surface area (Å²) in [6.07, 6.45) is 4.25. The maximum absolute atomic E-state index is 13.2. The van der Waals surface area contributed by atoms with Gasteiger partial charge >= 0.3 is 0 Å². The van der Waals surface area contributed by atoms with E-state index in [1.54, 1.807) is 11.3 Å². The average Bonchev–Trinajstić information content (AvgIpc) is 3.36. The molecular formula is C20H24ClN3O2S. The number of halogens is 1. The van der Waals surface area contributed by atoms with Crippen LogP contribution in [-0.4, -0.2) is 53.2 Å². The van der Waals surface area contributed by atoms with Crippen molar-refractivity contribution in [3.05, 3.63) is 23.2 Å². The minimum atomic E-state index is -0.391. The third kappa shape index (κ3) is 3.32. The zero-order valence-electron chi connectivity index (χ0n) is 15.2. The molecule has 27 heavy (non-hydrogen) atoms. The molecule has 0 bridgehead atoms. The van der Waals surface area contributed by atoms with Crippen molar-refractivity contribution in [1.29, 1.82) is 0 Å². The summed E-state index contributed by atoms with van der Waals surface area (Å²) in [5.41, 5.74) is 0.586. The molecule has 5 rings (SSSR count). The topological polar surface area (TPSA) is 56.7 Å². The second-order valence-corrected chi connectivity index (χ2v) is 9.83. The Morgan fingerprint density at radius 1 is 1.30 bits per heavy atom. The number of hydrogen-bond donors (Lipinski definition) is 1. The number of aromatic nitrogens is 1. The van der Waals surface area contributed by atoms with E-state index in [9.17, 15) is 9.90 Å². The van der Waals surface area contributed by atoms with E-state index in [1.807, 2.05) is 23.1 Å². The molecule has 144 valence electrons. The van der Waals surface area contributed by atoms with Crippen LogP contribution in [0.1, 0.15) is 32.1 Å². The van der Waals surface area contributed by atoms with Gasteiger partial charge in [0.2, 0.25) is 5.91 Å². The maximum Gasteiger partial charge on any atom is 0.229 e. The molecule has 3 fully saturated rings. The number of aliphatic hydroxyl groups excluding tert-OH is 1. The number of anilines is 1. The standard InChI is InChI=1S/C20H24ClN3O2S/c21-14-3-4-16-17(9-14)27-19(22-16)23-7-5-20(6-8-23)10-15(25)12-24(18(20)26)11-13-1-2-13/h3-4,9,13,15,25H,1-2,5-8,10-12H2. The Labute approximate surface area is 167 Å². The molecule has 1 aliphatic carbocycles. The first-order valence-electron chi connectivity index (χ1n) is 9.81. The van der Waals surface area contributed by atoms with Crippen LogP contribution in [0.15, 0.2) is 18.2 Å². The highest BCUT2D eigenvalue weighted by molar-refractivity contribution is 7.22. The van der Waals surface area contributed by atoms with Gasteiger partial charge in [-0.05, 0) is 56.2 Å². The largest absolute Gasteiger partial charge is 0.391 e. The van der Waals surface area contributed by atoms with Gasteiger partial charge in [-0.2, -0.15) is 0 Å². The van der Waals surface area contributed by atoms with E-state index in [-0.39, 0.29) is 11.3 Å². The zero-order chi connectivity index (χ0) is 18.6. The molecule has 1 saturated carbocycles. The van der Waals surface area contributed by atoms with Gasteiger partial charge in [-0.1, -0.05) is 22.9 Å². The maximum atomic E-state index is 13.2. The molecule has 5 nitrogen and oxygen atoms in total. The SMILES string of the molecule is O=C1N(CC2CC2)CC(O)CC12CCN(c1nc3ccc(Cl)cc3s1)CC2. The Kier molecular flexibility index (Phi) is 4.33. The third-order valence-electron chi connectivity index (χ3n) is 6.30. The summed E-state index contributed by atoms with van der Waals surface area (Å²) >= 11 is 7.75. The molecule has 1 N–H and O–H groups in total. The van der Waals surface area contributed by atoms with Crippen molar-refractivity contribution >= 4 is 44.2 Å². The van der Waals surface area contributed by atoms with E-state index >= 15 is 0 Å². The predicted molar refractivity (Wildman–Crippen MR) is 108 cm³/mol. The van der Waals surface area contributed by atoms with Gasteiger partial charge in [0.05, 0.1) is 21.7 Å². The Hall–Kier alpha value is -1.37. The van der Waals surface area contributed by atoms with Gasteiger partial charge in [-0.15, -0.1) is 0 Å². The zero-order valence-corrected chi connectivity index (χ0v) is 16.8. The van der Waals surface area contributed by atoms with Crippen molar-refractivity contribution in [3.63, 3.8) is 0 Å². The summed E-state index contributed by atoms with van der Waals surface area (Å²) in [6, 6.07) is 5.79. The minimum absolute atomic E-state index is 0.274. The highest BCUT2D eigenvalue weighted by Gasteiger charge is 2.49. The number of hydrogen-bond acceptors (Lipinski definition) is 5. The number of aliphatic hydroxyl groups is 1. The molecule has 1 unspecified atom stereocenters. The average molecular weight is 406 g/mol. The number of carbonyl (C=O) groups is 1. The van der Waals surface area contributed by atoms with Gasteiger partial charge in [0, 0.05) is 31.2 Å². The van der Waals surface area contributed by atoms with Crippen LogP contribution in [0, 0.1) is 11.3 Å². The number of carbonyl (C=O) groups excluding carboxylic acids is 1. The van der Waals surface area contributed by atoms with E-state index in [2.05, 4.69) is 4.90 Å². The number of fused-ring (bicyclic) bond motifs is 1. The molecule has 1 amide bonds. The highest BCUT2D eigenvalue weighted by Crippen LogP contribution is 2.44. The Morgan fingerprint density at radius 2 is 2.07 bits per heavy atom. The van der Waals surface area contributed by atoms with Crippen molar-refractivity contribution in [1.82, 2.24) is 9.88 Å².